The Morgan fingerprint density at radius 3 is 2.33 bits per heavy atom. The van der Waals surface area contributed by atoms with Crippen LogP contribution in [0.4, 0.5) is 5.69 Å². The fourth-order valence-electron chi connectivity index (χ4n) is 3.33. The number of benzene rings is 3. The Morgan fingerprint density at radius 1 is 0.909 bits per heavy atom. The summed E-state index contributed by atoms with van der Waals surface area (Å²) in [6.45, 7) is 0. The first-order valence-corrected chi connectivity index (χ1v) is 10.3. The summed E-state index contributed by atoms with van der Waals surface area (Å²) >= 11 is 0. The molecule has 1 heterocycles. The minimum atomic E-state index is -0.926. The average molecular weight is 438 g/mol. The number of ether oxygens (including phenoxy) is 1. The van der Waals surface area contributed by atoms with E-state index >= 15 is 0 Å². The van der Waals surface area contributed by atoms with E-state index in [1.54, 1.807) is 66.9 Å². The number of rotatable bonds is 7. The molecule has 1 atom stereocenters. The molecule has 3 aromatic carbocycles. The first kappa shape index (κ1) is 21.6. The number of amides is 1. The second kappa shape index (κ2) is 9.65. The molecule has 33 heavy (non-hydrogen) atoms. The zero-order chi connectivity index (χ0) is 23.2. The van der Waals surface area contributed by atoms with Crippen molar-refractivity contribution in [3.8, 4) is 11.4 Å². The van der Waals surface area contributed by atoms with Crippen molar-refractivity contribution in [2.45, 2.75) is 6.10 Å². The zero-order valence-corrected chi connectivity index (χ0v) is 17.6. The summed E-state index contributed by atoms with van der Waals surface area (Å²) in [4.78, 5) is 25.2. The third-order valence-electron chi connectivity index (χ3n) is 4.97. The topological polar surface area (TPSA) is 110 Å². The predicted octanol–water partition coefficient (Wildman–Crippen LogP) is 3.88. The van der Waals surface area contributed by atoms with E-state index in [0.29, 0.717) is 28.3 Å². The van der Waals surface area contributed by atoms with Crippen LogP contribution < -0.4 is 21.3 Å². The highest BCUT2D eigenvalue weighted by Gasteiger charge is 2.23. The number of carbonyl (C=O) groups is 1. The lowest BCUT2D eigenvalue weighted by Crippen LogP contribution is -2.26. The highest BCUT2D eigenvalue weighted by Crippen LogP contribution is 2.25. The minimum absolute atomic E-state index is 0.0845. The second-order valence-corrected chi connectivity index (χ2v) is 7.30. The molecule has 0 aliphatic heterocycles. The van der Waals surface area contributed by atoms with E-state index in [1.165, 1.54) is 10.6 Å². The third kappa shape index (κ3) is 5.16. The molecule has 0 saturated carbocycles. The van der Waals surface area contributed by atoms with Gasteiger partial charge in [-0.05, 0) is 42.5 Å². The van der Waals surface area contributed by atoms with E-state index in [0.717, 1.165) is 0 Å². The number of nitrogen functional groups attached to an aromatic ring is 1. The van der Waals surface area contributed by atoms with Gasteiger partial charge in [0, 0.05) is 34.8 Å². The lowest BCUT2D eigenvalue weighted by atomic mass is 10.1. The van der Waals surface area contributed by atoms with Crippen LogP contribution in [0, 0.1) is 5.41 Å². The van der Waals surface area contributed by atoms with Gasteiger partial charge in [0.1, 0.15) is 11.6 Å². The van der Waals surface area contributed by atoms with E-state index in [2.05, 4.69) is 5.32 Å². The molecule has 0 saturated heterocycles. The van der Waals surface area contributed by atoms with Crippen molar-refractivity contribution in [1.29, 1.82) is 5.41 Å². The lowest BCUT2D eigenvalue weighted by molar-refractivity contribution is -0.123. The van der Waals surface area contributed by atoms with Crippen LogP contribution in [0.1, 0.15) is 17.2 Å². The highest BCUT2D eigenvalue weighted by atomic mass is 16.5. The average Bonchev–Trinajstić information content (AvgIpc) is 2.84. The maximum absolute atomic E-state index is 13.2. The van der Waals surface area contributed by atoms with Crippen LogP contribution in [0.2, 0.25) is 0 Å². The summed E-state index contributed by atoms with van der Waals surface area (Å²) in [5.41, 5.74) is 7.88. The van der Waals surface area contributed by atoms with Crippen LogP contribution in [0.15, 0.2) is 108 Å². The molecule has 1 aromatic heterocycles. The summed E-state index contributed by atoms with van der Waals surface area (Å²) in [6, 6.07) is 27.8. The molecule has 0 aliphatic carbocycles. The molecule has 164 valence electrons. The fraction of sp³-hybridized carbons (Fsp3) is 0.0385. The monoisotopic (exact) mass is 438 g/mol. The van der Waals surface area contributed by atoms with Crippen molar-refractivity contribution in [2.75, 3.05) is 5.32 Å². The van der Waals surface area contributed by atoms with E-state index in [-0.39, 0.29) is 17.3 Å². The summed E-state index contributed by atoms with van der Waals surface area (Å²) in [5.74, 6) is -0.0247. The van der Waals surface area contributed by atoms with Crippen molar-refractivity contribution in [3.63, 3.8) is 0 Å². The summed E-state index contributed by atoms with van der Waals surface area (Å²) < 4.78 is 7.54. The van der Waals surface area contributed by atoms with Crippen molar-refractivity contribution >= 4 is 17.4 Å². The summed E-state index contributed by atoms with van der Waals surface area (Å²) in [5, 5.41) is 10.5. The largest absolute Gasteiger partial charge is 0.476 e. The Hall–Kier alpha value is -4.65. The molecule has 4 rings (SSSR count). The Labute approximate surface area is 190 Å². The number of nitrogens with zero attached hydrogens (tertiary/aromatic N) is 1. The second-order valence-electron chi connectivity index (χ2n) is 7.30. The number of nitrogens with one attached hydrogen (secondary N) is 2. The number of nitrogens with two attached hydrogens (primary N) is 1. The van der Waals surface area contributed by atoms with E-state index < -0.39 is 6.10 Å². The van der Waals surface area contributed by atoms with Crippen molar-refractivity contribution in [2.24, 2.45) is 5.73 Å². The molecule has 1 unspecified atom stereocenters. The van der Waals surface area contributed by atoms with Gasteiger partial charge in [0.2, 0.25) is 6.10 Å². The Kier molecular flexibility index (Phi) is 6.31. The number of hydrogen-bond acceptors (Lipinski definition) is 4. The molecule has 7 heteroatoms. The van der Waals surface area contributed by atoms with Gasteiger partial charge in [-0.2, -0.15) is 0 Å². The smallest absolute Gasteiger partial charge is 0.270 e. The number of carbonyl (C=O) groups excluding carboxylic acids is 1. The van der Waals surface area contributed by atoms with Crippen LogP contribution in [-0.2, 0) is 4.79 Å². The molecule has 4 N–H and O–H groups in total. The quantitative estimate of drug-likeness (QED) is 0.300. The van der Waals surface area contributed by atoms with Gasteiger partial charge in [0.15, 0.2) is 0 Å². The Bertz CT molecular complexity index is 1330. The molecule has 1 amide bonds. The lowest BCUT2D eigenvalue weighted by Gasteiger charge is -2.20. The van der Waals surface area contributed by atoms with Crippen LogP contribution in [-0.4, -0.2) is 16.3 Å². The maximum Gasteiger partial charge on any atom is 0.270 e. The zero-order valence-electron chi connectivity index (χ0n) is 17.6. The molecule has 0 bridgehead atoms. The van der Waals surface area contributed by atoms with Gasteiger partial charge in [-0.15, -0.1) is 0 Å². The van der Waals surface area contributed by atoms with Gasteiger partial charge in [-0.3, -0.25) is 19.6 Å². The first-order valence-electron chi connectivity index (χ1n) is 10.3. The van der Waals surface area contributed by atoms with Crippen LogP contribution in [0.5, 0.6) is 5.75 Å². The SMILES string of the molecule is N=C(N)c1cccc(OC(C(=O)Nc2ccc(-n3ccccc3=O)cc2)c2ccccc2)c1. The number of aromatic nitrogens is 1. The van der Waals surface area contributed by atoms with Gasteiger partial charge < -0.3 is 15.8 Å². The van der Waals surface area contributed by atoms with Gasteiger partial charge in [-0.25, -0.2) is 0 Å². The molecule has 4 aromatic rings. The molecule has 7 nitrogen and oxygen atoms in total. The van der Waals surface area contributed by atoms with Crippen LogP contribution in [0.3, 0.4) is 0 Å². The van der Waals surface area contributed by atoms with Crippen LogP contribution >= 0.6 is 0 Å². The maximum atomic E-state index is 13.2. The predicted molar refractivity (Wildman–Crippen MR) is 128 cm³/mol. The van der Waals surface area contributed by atoms with Gasteiger partial charge in [-0.1, -0.05) is 48.5 Å². The molecule has 0 aliphatic rings. The highest BCUT2D eigenvalue weighted by molar-refractivity contribution is 5.96. The summed E-state index contributed by atoms with van der Waals surface area (Å²) in [6.07, 6.45) is 0.759. The van der Waals surface area contributed by atoms with Gasteiger partial charge in [0.25, 0.3) is 11.5 Å². The first-order chi connectivity index (χ1) is 16.0. The Morgan fingerprint density at radius 2 is 1.64 bits per heavy atom. The number of amidine groups is 1. The Balaban J connectivity index is 1.57. The molecular formula is C26H22N4O3. The molecule has 0 spiro atoms. The van der Waals surface area contributed by atoms with Crippen molar-refractivity contribution in [3.05, 3.63) is 125 Å². The molecule has 0 fully saturated rings. The number of anilines is 1. The van der Waals surface area contributed by atoms with Gasteiger partial charge in [0.05, 0.1) is 0 Å². The van der Waals surface area contributed by atoms with Crippen molar-refractivity contribution < 1.29 is 9.53 Å². The fourth-order valence-corrected chi connectivity index (χ4v) is 3.33. The normalized spacial score (nSPS) is 11.4. The van der Waals surface area contributed by atoms with Crippen LogP contribution in [0.25, 0.3) is 5.69 Å². The summed E-state index contributed by atoms with van der Waals surface area (Å²) in [7, 11) is 0. The van der Waals surface area contributed by atoms with Gasteiger partial charge >= 0.3 is 0 Å². The van der Waals surface area contributed by atoms with E-state index in [9.17, 15) is 9.59 Å². The van der Waals surface area contributed by atoms with Crippen molar-refractivity contribution in [1.82, 2.24) is 4.57 Å². The standard InChI is InChI=1S/C26H22N4O3/c27-25(28)19-9-6-10-22(17-19)33-24(18-7-2-1-3-8-18)26(32)29-20-12-14-21(15-13-20)30-16-5-4-11-23(30)31/h1-17,24H,(H3,27,28)(H,29,32). The number of hydrogen-bond donors (Lipinski definition) is 3. The third-order valence-corrected chi connectivity index (χ3v) is 4.97. The van der Waals surface area contributed by atoms with E-state index in [1.807, 2.05) is 30.3 Å². The number of pyridine rings is 1. The molecule has 0 radical (unpaired) electrons. The molecular weight excluding hydrogens is 416 g/mol. The van der Waals surface area contributed by atoms with E-state index in [4.69, 9.17) is 15.9 Å². The minimum Gasteiger partial charge on any atom is -0.476 e.